The SMILES string of the molecule is CCSOCC1COCO1. The molecule has 10 heavy (non-hydrogen) atoms. The Bertz CT molecular complexity index is 83.1. The molecule has 1 atom stereocenters. The molecule has 3 nitrogen and oxygen atoms in total. The van der Waals surface area contributed by atoms with Gasteiger partial charge >= 0.3 is 0 Å². The van der Waals surface area contributed by atoms with Gasteiger partial charge in [0.05, 0.1) is 13.2 Å². The van der Waals surface area contributed by atoms with Crippen molar-refractivity contribution in [2.24, 2.45) is 0 Å². The van der Waals surface area contributed by atoms with Gasteiger partial charge in [-0.2, -0.15) is 0 Å². The van der Waals surface area contributed by atoms with Crippen LogP contribution in [-0.2, 0) is 13.7 Å². The van der Waals surface area contributed by atoms with Crippen LogP contribution in [0.3, 0.4) is 0 Å². The Morgan fingerprint density at radius 3 is 3.20 bits per heavy atom. The quantitative estimate of drug-likeness (QED) is 0.458. The molecule has 0 aromatic rings. The van der Waals surface area contributed by atoms with Gasteiger partial charge in [-0.1, -0.05) is 6.92 Å². The summed E-state index contributed by atoms with van der Waals surface area (Å²) in [5.74, 6) is 0.980. The van der Waals surface area contributed by atoms with Crippen LogP contribution in [0, 0.1) is 0 Å². The van der Waals surface area contributed by atoms with Gasteiger partial charge in [-0.3, -0.25) is 0 Å². The molecule has 1 saturated heterocycles. The monoisotopic (exact) mass is 164 g/mol. The molecule has 1 aliphatic rings. The van der Waals surface area contributed by atoms with Gasteiger partial charge in [-0.25, -0.2) is 0 Å². The van der Waals surface area contributed by atoms with E-state index in [0.717, 1.165) is 5.75 Å². The Labute approximate surface area is 65.2 Å². The Balaban J connectivity index is 1.91. The standard InChI is InChI=1S/C6H12O3S/c1-2-10-9-4-6-3-7-5-8-6/h6H,2-5H2,1H3. The summed E-state index contributed by atoms with van der Waals surface area (Å²) < 4.78 is 15.3. The summed E-state index contributed by atoms with van der Waals surface area (Å²) in [6.45, 7) is 3.78. The molecule has 1 fully saturated rings. The molecule has 0 amide bonds. The van der Waals surface area contributed by atoms with Crippen molar-refractivity contribution < 1.29 is 13.7 Å². The number of ether oxygens (including phenoxy) is 2. The maximum absolute atomic E-state index is 5.18. The highest BCUT2D eigenvalue weighted by atomic mass is 32.2. The van der Waals surface area contributed by atoms with Crippen LogP contribution in [0.5, 0.6) is 0 Å². The van der Waals surface area contributed by atoms with Gasteiger partial charge in [0.25, 0.3) is 0 Å². The highest BCUT2D eigenvalue weighted by Crippen LogP contribution is 2.07. The van der Waals surface area contributed by atoms with E-state index >= 15 is 0 Å². The molecular formula is C6H12O3S. The third kappa shape index (κ3) is 2.88. The van der Waals surface area contributed by atoms with E-state index in [4.69, 9.17) is 13.7 Å². The van der Waals surface area contributed by atoms with Crippen LogP contribution < -0.4 is 0 Å². The first kappa shape index (κ1) is 8.33. The van der Waals surface area contributed by atoms with E-state index in [9.17, 15) is 0 Å². The summed E-state index contributed by atoms with van der Waals surface area (Å²) >= 11 is 1.46. The Morgan fingerprint density at radius 1 is 1.70 bits per heavy atom. The van der Waals surface area contributed by atoms with Gasteiger partial charge in [0.2, 0.25) is 0 Å². The van der Waals surface area contributed by atoms with Crippen LogP contribution in [0.1, 0.15) is 6.92 Å². The molecule has 0 aromatic heterocycles. The Kier molecular flexibility index (Phi) is 4.13. The van der Waals surface area contributed by atoms with E-state index in [1.54, 1.807) is 0 Å². The van der Waals surface area contributed by atoms with Crippen molar-refractivity contribution in [1.29, 1.82) is 0 Å². The lowest BCUT2D eigenvalue weighted by molar-refractivity contribution is 0.0348. The van der Waals surface area contributed by atoms with Crippen LogP contribution in [-0.4, -0.2) is 31.9 Å². The summed E-state index contributed by atoms with van der Waals surface area (Å²) in [5, 5.41) is 0. The minimum atomic E-state index is 0.152. The van der Waals surface area contributed by atoms with E-state index in [0.29, 0.717) is 20.0 Å². The third-order valence-electron chi connectivity index (χ3n) is 1.15. The zero-order valence-electron chi connectivity index (χ0n) is 6.04. The minimum Gasteiger partial charge on any atom is -0.353 e. The summed E-state index contributed by atoms with van der Waals surface area (Å²) in [4.78, 5) is 0. The summed E-state index contributed by atoms with van der Waals surface area (Å²) in [5.41, 5.74) is 0. The van der Waals surface area contributed by atoms with Crippen LogP contribution >= 0.6 is 12.0 Å². The molecule has 0 radical (unpaired) electrons. The highest BCUT2D eigenvalue weighted by Gasteiger charge is 2.15. The van der Waals surface area contributed by atoms with Gasteiger partial charge in [0, 0.05) is 5.75 Å². The third-order valence-corrected chi connectivity index (χ3v) is 1.68. The van der Waals surface area contributed by atoms with Crippen molar-refractivity contribution >= 4 is 12.0 Å². The first-order chi connectivity index (χ1) is 4.93. The Morgan fingerprint density at radius 2 is 2.60 bits per heavy atom. The van der Waals surface area contributed by atoms with Crippen LogP contribution in [0.4, 0.5) is 0 Å². The zero-order valence-corrected chi connectivity index (χ0v) is 6.86. The topological polar surface area (TPSA) is 27.7 Å². The van der Waals surface area contributed by atoms with Crippen LogP contribution in [0.15, 0.2) is 0 Å². The largest absolute Gasteiger partial charge is 0.353 e. The van der Waals surface area contributed by atoms with Crippen LogP contribution in [0.2, 0.25) is 0 Å². The molecule has 0 aromatic carbocycles. The second-order valence-corrected chi connectivity index (χ2v) is 3.02. The van der Waals surface area contributed by atoms with E-state index in [1.807, 2.05) is 0 Å². The van der Waals surface area contributed by atoms with Gasteiger partial charge in [-0.05, 0) is 12.0 Å². The highest BCUT2D eigenvalue weighted by molar-refractivity contribution is 7.94. The van der Waals surface area contributed by atoms with E-state index in [1.165, 1.54) is 12.0 Å². The van der Waals surface area contributed by atoms with E-state index < -0.39 is 0 Å². The molecule has 1 rings (SSSR count). The lowest BCUT2D eigenvalue weighted by Gasteiger charge is -2.05. The lowest BCUT2D eigenvalue weighted by atomic mass is 10.4. The van der Waals surface area contributed by atoms with Crippen molar-refractivity contribution in [3.63, 3.8) is 0 Å². The smallest absolute Gasteiger partial charge is 0.147 e. The van der Waals surface area contributed by atoms with Gasteiger partial charge < -0.3 is 13.7 Å². The maximum atomic E-state index is 5.18. The average molecular weight is 164 g/mol. The molecule has 0 N–H and O–H groups in total. The predicted molar refractivity (Wildman–Crippen MR) is 39.8 cm³/mol. The summed E-state index contributed by atoms with van der Waals surface area (Å²) in [7, 11) is 0. The fourth-order valence-electron chi connectivity index (χ4n) is 0.676. The van der Waals surface area contributed by atoms with Crippen molar-refractivity contribution in [2.75, 3.05) is 25.8 Å². The first-order valence-corrected chi connectivity index (χ1v) is 4.28. The molecule has 0 saturated carbocycles. The second-order valence-electron chi connectivity index (χ2n) is 1.97. The van der Waals surface area contributed by atoms with Crippen molar-refractivity contribution in [3.8, 4) is 0 Å². The molecule has 1 heterocycles. The molecule has 60 valence electrons. The average Bonchev–Trinajstić information content (AvgIpc) is 2.41. The maximum Gasteiger partial charge on any atom is 0.147 e. The van der Waals surface area contributed by atoms with Gasteiger partial charge in [-0.15, -0.1) is 0 Å². The van der Waals surface area contributed by atoms with E-state index in [2.05, 4.69) is 6.92 Å². The van der Waals surface area contributed by atoms with Crippen molar-refractivity contribution in [1.82, 2.24) is 0 Å². The molecule has 1 unspecified atom stereocenters. The number of rotatable bonds is 4. The summed E-state index contributed by atoms with van der Waals surface area (Å²) in [6, 6.07) is 0. The first-order valence-electron chi connectivity index (χ1n) is 3.37. The van der Waals surface area contributed by atoms with Crippen molar-refractivity contribution in [3.05, 3.63) is 0 Å². The lowest BCUT2D eigenvalue weighted by Crippen LogP contribution is -2.15. The summed E-state index contributed by atoms with van der Waals surface area (Å²) in [6.07, 6.45) is 0.152. The number of hydrogen-bond acceptors (Lipinski definition) is 4. The van der Waals surface area contributed by atoms with Crippen molar-refractivity contribution in [2.45, 2.75) is 13.0 Å². The second kappa shape index (κ2) is 4.96. The minimum absolute atomic E-state index is 0.152. The van der Waals surface area contributed by atoms with E-state index in [-0.39, 0.29) is 6.10 Å². The van der Waals surface area contributed by atoms with Gasteiger partial charge in [0.1, 0.15) is 12.9 Å². The molecule has 1 aliphatic heterocycles. The zero-order chi connectivity index (χ0) is 7.23. The molecule has 0 spiro atoms. The fourth-order valence-corrected chi connectivity index (χ4v) is 1.09. The predicted octanol–water partition coefficient (Wildman–Crippen LogP) is 1.04. The Hall–Kier alpha value is 0.230. The molecular weight excluding hydrogens is 152 g/mol. The normalized spacial score (nSPS) is 25.5. The molecule has 0 bridgehead atoms. The van der Waals surface area contributed by atoms with Gasteiger partial charge in [0.15, 0.2) is 0 Å². The molecule has 0 aliphatic carbocycles. The fraction of sp³-hybridized carbons (Fsp3) is 1.00. The van der Waals surface area contributed by atoms with Crippen LogP contribution in [0.25, 0.3) is 0 Å². The molecule has 4 heteroatoms. The number of hydrogen-bond donors (Lipinski definition) is 0.